The fourth-order valence-electron chi connectivity index (χ4n) is 2.92. The van der Waals surface area contributed by atoms with Gasteiger partial charge < -0.3 is 9.73 Å². The molecule has 0 atom stereocenters. The third-order valence-corrected chi connectivity index (χ3v) is 4.66. The Morgan fingerprint density at radius 3 is 2.72 bits per heavy atom. The average Bonchev–Trinajstić information content (AvgIpc) is 3.26. The van der Waals surface area contributed by atoms with E-state index in [1.165, 1.54) is 17.1 Å². The molecule has 0 saturated heterocycles. The van der Waals surface area contributed by atoms with Crippen LogP contribution in [0.3, 0.4) is 0 Å². The molecule has 1 N–H and O–H groups in total. The van der Waals surface area contributed by atoms with Crippen molar-refractivity contribution in [2.45, 2.75) is 32.5 Å². The zero-order valence-corrected chi connectivity index (χ0v) is 15.7. The zero-order valence-electron chi connectivity index (χ0n) is 15.7. The van der Waals surface area contributed by atoms with Crippen molar-refractivity contribution in [1.82, 2.24) is 24.9 Å². The molecule has 10 heteroatoms. The minimum Gasteiger partial charge on any atom is -0.443 e. The molecule has 3 heterocycles. The number of fused-ring (bicyclic) bond motifs is 2. The summed E-state index contributed by atoms with van der Waals surface area (Å²) in [5.74, 6) is -0.913. The molecule has 0 aliphatic heterocycles. The predicted molar refractivity (Wildman–Crippen MR) is 98.3 cm³/mol. The van der Waals surface area contributed by atoms with Crippen LogP contribution in [0, 0.1) is 6.92 Å². The first kappa shape index (κ1) is 18.9. The second-order valence-corrected chi connectivity index (χ2v) is 7.16. The zero-order chi connectivity index (χ0) is 21.0. The summed E-state index contributed by atoms with van der Waals surface area (Å²) in [4.78, 5) is 21.2. The van der Waals surface area contributed by atoms with E-state index in [9.17, 15) is 18.0 Å². The molecule has 0 bridgehead atoms. The predicted octanol–water partition coefficient (Wildman–Crippen LogP) is 3.92. The molecule has 4 aromatic rings. The lowest BCUT2D eigenvalue weighted by Crippen LogP contribution is -2.54. The molecule has 0 unspecified atom stereocenters. The Hall–Kier alpha value is -3.43. The minimum absolute atomic E-state index is 0.0583. The molecule has 0 aliphatic rings. The maximum Gasteiger partial charge on any atom is 0.410 e. The number of aryl methyl sites for hydroxylation is 1. The molecular formula is C19H16F3N5O2. The Bertz CT molecular complexity index is 1240. The van der Waals surface area contributed by atoms with Gasteiger partial charge in [0, 0.05) is 11.3 Å². The number of nitrogens with zero attached hydrogens (tertiary/aromatic N) is 4. The van der Waals surface area contributed by atoms with Crippen LogP contribution in [-0.4, -0.2) is 37.2 Å². The van der Waals surface area contributed by atoms with Crippen LogP contribution in [-0.2, 0) is 0 Å². The van der Waals surface area contributed by atoms with Gasteiger partial charge in [0.2, 0.25) is 0 Å². The van der Waals surface area contributed by atoms with E-state index in [0.29, 0.717) is 28.1 Å². The van der Waals surface area contributed by atoms with Crippen LogP contribution in [0.4, 0.5) is 13.2 Å². The second-order valence-electron chi connectivity index (χ2n) is 7.16. The maximum atomic E-state index is 13.1. The van der Waals surface area contributed by atoms with Crippen molar-refractivity contribution >= 4 is 22.7 Å². The highest BCUT2D eigenvalue weighted by Crippen LogP contribution is 2.31. The summed E-state index contributed by atoms with van der Waals surface area (Å²) in [6.45, 7) is 3.55. The summed E-state index contributed by atoms with van der Waals surface area (Å²) in [6.07, 6.45) is -2.09. The maximum absolute atomic E-state index is 13.1. The lowest BCUT2D eigenvalue weighted by atomic mass is 10.0. The van der Waals surface area contributed by atoms with Crippen molar-refractivity contribution in [3.8, 4) is 11.3 Å². The molecule has 4 rings (SSSR count). The first-order chi connectivity index (χ1) is 13.6. The largest absolute Gasteiger partial charge is 0.443 e. The van der Waals surface area contributed by atoms with Crippen LogP contribution in [0.1, 0.15) is 29.9 Å². The van der Waals surface area contributed by atoms with E-state index in [1.807, 2.05) is 5.32 Å². The van der Waals surface area contributed by atoms with Crippen LogP contribution in [0.15, 0.2) is 41.3 Å². The molecular weight excluding hydrogens is 387 g/mol. The number of benzene rings is 1. The number of para-hydroxylation sites is 1. The number of aromatic nitrogens is 4. The summed E-state index contributed by atoms with van der Waals surface area (Å²) in [5, 5.41) is 6.10. The Kier molecular flexibility index (Phi) is 4.10. The van der Waals surface area contributed by atoms with Gasteiger partial charge in [-0.3, -0.25) is 4.79 Å². The Balaban J connectivity index is 1.82. The van der Waals surface area contributed by atoms with Gasteiger partial charge in [-0.15, -0.1) is 0 Å². The summed E-state index contributed by atoms with van der Waals surface area (Å²) in [6, 6.07) is 7.11. The van der Waals surface area contributed by atoms with Gasteiger partial charge in [-0.25, -0.2) is 14.5 Å². The van der Waals surface area contributed by atoms with Crippen molar-refractivity contribution in [3.05, 3.63) is 48.1 Å². The number of carbonyl (C=O) groups excluding carboxylic acids is 1. The van der Waals surface area contributed by atoms with Crippen molar-refractivity contribution < 1.29 is 22.4 Å². The van der Waals surface area contributed by atoms with Gasteiger partial charge in [-0.2, -0.15) is 18.3 Å². The topological polar surface area (TPSA) is 85.3 Å². The molecule has 0 aliphatic carbocycles. The third kappa shape index (κ3) is 3.10. The van der Waals surface area contributed by atoms with E-state index < -0.39 is 17.6 Å². The van der Waals surface area contributed by atoms with Gasteiger partial charge in [0.1, 0.15) is 16.6 Å². The number of hydrogen-bond donors (Lipinski definition) is 1. The lowest BCUT2D eigenvalue weighted by molar-refractivity contribution is -0.182. The number of rotatable bonds is 3. The van der Waals surface area contributed by atoms with E-state index >= 15 is 0 Å². The number of halogens is 3. The number of carbonyl (C=O) groups is 1. The highest BCUT2D eigenvalue weighted by atomic mass is 19.4. The van der Waals surface area contributed by atoms with E-state index in [-0.39, 0.29) is 11.2 Å². The van der Waals surface area contributed by atoms with Crippen molar-refractivity contribution in [1.29, 1.82) is 0 Å². The van der Waals surface area contributed by atoms with E-state index in [4.69, 9.17) is 4.42 Å². The Labute approximate surface area is 162 Å². The number of amides is 1. The van der Waals surface area contributed by atoms with Crippen molar-refractivity contribution in [2.24, 2.45) is 0 Å². The number of oxazole rings is 1. The van der Waals surface area contributed by atoms with Crippen molar-refractivity contribution in [2.75, 3.05) is 0 Å². The van der Waals surface area contributed by atoms with Gasteiger partial charge in [-0.1, -0.05) is 6.07 Å². The average molecular weight is 403 g/mol. The molecule has 1 aromatic carbocycles. The summed E-state index contributed by atoms with van der Waals surface area (Å²) in [7, 11) is 0. The smallest absolute Gasteiger partial charge is 0.410 e. The van der Waals surface area contributed by atoms with Gasteiger partial charge >= 0.3 is 6.18 Å². The van der Waals surface area contributed by atoms with Crippen LogP contribution >= 0.6 is 0 Å². The molecule has 0 saturated carbocycles. The van der Waals surface area contributed by atoms with Crippen LogP contribution in [0.2, 0.25) is 0 Å². The molecule has 7 nitrogen and oxygen atoms in total. The highest BCUT2D eigenvalue weighted by Gasteiger charge is 2.48. The molecule has 0 fully saturated rings. The third-order valence-electron chi connectivity index (χ3n) is 4.66. The molecule has 1 amide bonds. The quantitative estimate of drug-likeness (QED) is 0.561. The van der Waals surface area contributed by atoms with Crippen LogP contribution in [0.25, 0.3) is 28.0 Å². The summed E-state index contributed by atoms with van der Waals surface area (Å²) < 4.78 is 46.3. The van der Waals surface area contributed by atoms with Gasteiger partial charge in [0.05, 0.1) is 11.9 Å². The SMILES string of the molecule is Cc1cc(-c2cccc3ncoc23)nc2c(C(=O)NC(C)(C)C(F)(F)F)cnn12. The van der Waals surface area contributed by atoms with Crippen LogP contribution in [0.5, 0.6) is 0 Å². The number of alkyl halides is 3. The number of hydrogen-bond acceptors (Lipinski definition) is 5. The first-order valence-corrected chi connectivity index (χ1v) is 8.66. The van der Waals surface area contributed by atoms with Gasteiger partial charge in [0.15, 0.2) is 17.6 Å². The number of nitrogens with one attached hydrogen (secondary N) is 1. The highest BCUT2D eigenvalue weighted by molar-refractivity contribution is 6.00. The first-order valence-electron chi connectivity index (χ1n) is 8.66. The molecule has 0 spiro atoms. The Morgan fingerprint density at radius 2 is 2.00 bits per heavy atom. The molecule has 3 aromatic heterocycles. The van der Waals surface area contributed by atoms with E-state index in [0.717, 1.165) is 13.8 Å². The van der Waals surface area contributed by atoms with E-state index in [2.05, 4.69) is 15.1 Å². The van der Waals surface area contributed by atoms with Crippen molar-refractivity contribution in [3.63, 3.8) is 0 Å². The Morgan fingerprint density at radius 1 is 1.24 bits per heavy atom. The monoisotopic (exact) mass is 403 g/mol. The van der Waals surface area contributed by atoms with Gasteiger partial charge in [0.25, 0.3) is 5.91 Å². The second kappa shape index (κ2) is 6.29. The summed E-state index contributed by atoms with van der Waals surface area (Å²) in [5.41, 5.74) is 0.624. The molecule has 150 valence electrons. The molecule has 29 heavy (non-hydrogen) atoms. The van der Waals surface area contributed by atoms with Crippen LogP contribution < -0.4 is 5.32 Å². The molecule has 0 radical (unpaired) electrons. The normalized spacial score (nSPS) is 12.6. The van der Waals surface area contributed by atoms with E-state index in [1.54, 1.807) is 31.2 Å². The fraction of sp³-hybridized carbons (Fsp3) is 0.263. The standard InChI is InChI=1S/C19H16F3N5O2/c1-10-7-14(11-5-4-6-13-15(11)29-9-23-13)25-16-12(8-24-27(10)16)17(28)26-18(2,3)19(20,21)22/h4-9H,1-3H3,(H,26,28). The fourth-order valence-corrected chi connectivity index (χ4v) is 2.92. The summed E-state index contributed by atoms with van der Waals surface area (Å²) >= 11 is 0. The van der Waals surface area contributed by atoms with Gasteiger partial charge in [-0.05, 0) is 39.0 Å². The lowest BCUT2D eigenvalue weighted by Gasteiger charge is -2.28. The minimum atomic E-state index is -4.61.